The molecular formula is C23H26N2O6. The lowest BCUT2D eigenvalue weighted by Crippen LogP contribution is -2.44. The molecule has 2 aromatic carbocycles. The summed E-state index contributed by atoms with van der Waals surface area (Å²) in [5, 5.41) is 12.5. The Labute approximate surface area is 180 Å². The Morgan fingerprint density at radius 3 is 2.35 bits per heavy atom. The molecule has 0 aromatic heterocycles. The average Bonchev–Trinajstić information content (AvgIpc) is 3.21. The van der Waals surface area contributed by atoms with Crippen molar-refractivity contribution in [2.75, 3.05) is 6.61 Å². The van der Waals surface area contributed by atoms with Crippen LogP contribution in [0.4, 0.5) is 4.79 Å². The lowest BCUT2D eigenvalue weighted by molar-refractivity contribution is -0.166. The van der Waals surface area contributed by atoms with Crippen LogP contribution in [-0.2, 0) is 21.0 Å². The van der Waals surface area contributed by atoms with E-state index in [9.17, 15) is 14.7 Å². The van der Waals surface area contributed by atoms with Crippen molar-refractivity contribution in [2.45, 2.75) is 32.1 Å². The molecule has 1 amide bonds. The predicted molar refractivity (Wildman–Crippen MR) is 113 cm³/mol. The van der Waals surface area contributed by atoms with Gasteiger partial charge in [0.1, 0.15) is 19.0 Å². The third-order valence-corrected chi connectivity index (χ3v) is 4.79. The number of ether oxygens (including phenoxy) is 2. The fourth-order valence-corrected chi connectivity index (χ4v) is 3.05. The van der Waals surface area contributed by atoms with Gasteiger partial charge < -0.3 is 19.9 Å². The standard InChI is InChI=1S/C23H26N2O6/c1-16(2)20(24-22(28)29-14-17-9-5-3-6-10-17)19-13-23(21(26)27,31-25-19)15-30-18-11-7-4-8-12-18/h3-13,16,20,25H,14-15H2,1-2H3,(H,24,28)(H,26,27)/t20-,23?/m0/s1. The highest BCUT2D eigenvalue weighted by Gasteiger charge is 2.46. The molecule has 0 spiro atoms. The van der Waals surface area contributed by atoms with Crippen LogP contribution in [0.15, 0.2) is 72.4 Å². The molecule has 3 rings (SSSR count). The van der Waals surface area contributed by atoms with Crippen LogP contribution < -0.4 is 15.5 Å². The molecule has 1 aliphatic heterocycles. The van der Waals surface area contributed by atoms with E-state index in [4.69, 9.17) is 14.3 Å². The van der Waals surface area contributed by atoms with Gasteiger partial charge in [-0.2, -0.15) is 0 Å². The number of alkyl carbamates (subject to hydrolysis) is 1. The summed E-state index contributed by atoms with van der Waals surface area (Å²) in [5.74, 6) is -0.747. The van der Waals surface area contributed by atoms with Crippen LogP contribution in [0.5, 0.6) is 5.75 Å². The van der Waals surface area contributed by atoms with Gasteiger partial charge in [0.05, 0.1) is 11.7 Å². The quantitative estimate of drug-likeness (QED) is 0.565. The number of hydroxylamine groups is 1. The summed E-state index contributed by atoms with van der Waals surface area (Å²) in [7, 11) is 0. The molecular weight excluding hydrogens is 400 g/mol. The number of para-hydroxylation sites is 1. The van der Waals surface area contributed by atoms with Crippen molar-refractivity contribution < 1.29 is 29.0 Å². The van der Waals surface area contributed by atoms with Crippen LogP contribution in [-0.4, -0.2) is 35.4 Å². The predicted octanol–water partition coefficient (Wildman–Crippen LogP) is 3.26. The normalized spacial score (nSPS) is 18.6. The highest BCUT2D eigenvalue weighted by Crippen LogP contribution is 2.26. The highest BCUT2D eigenvalue weighted by atomic mass is 16.7. The molecule has 2 aromatic rings. The fraction of sp³-hybridized carbons (Fsp3) is 0.304. The van der Waals surface area contributed by atoms with Crippen molar-refractivity contribution in [3.63, 3.8) is 0 Å². The Morgan fingerprint density at radius 1 is 1.10 bits per heavy atom. The van der Waals surface area contributed by atoms with Crippen molar-refractivity contribution in [1.29, 1.82) is 0 Å². The van der Waals surface area contributed by atoms with Gasteiger partial charge in [-0.15, -0.1) is 0 Å². The van der Waals surface area contributed by atoms with E-state index >= 15 is 0 Å². The van der Waals surface area contributed by atoms with Crippen LogP contribution in [0.2, 0.25) is 0 Å². The molecule has 0 fully saturated rings. The van der Waals surface area contributed by atoms with Crippen LogP contribution >= 0.6 is 0 Å². The van der Waals surface area contributed by atoms with Crippen molar-refractivity contribution in [3.8, 4) is 5.75 Å². The number of benzene rings is 2. The molecule has 0 bridgehead atoms. The molecule has 2 atom stereocenters. The molecule has 3 N–H and O–H groups in total. The Kier molecular flexibility index (Phi) is 7.15. The summed E-state index contributed by atoms with van der Waals surface area (Å²) >= 11 is 0. The largest absolute Gasteiger partial charge is 0.489 e. The molecule has 8 heteroatoms. The first-order valence-corrected chi connectivity index (χ1v) is 9.95. The highest BCUT2D eigenvalue weighted by molar-refractivity contribution is 5.81. The number of rotatable bonds is 9. The van der Waals surface area contributed by atoms with Crippen molar-refractivity contribution in [1.82, 2.24) is 10.8 Å². The molecule has 0 aliphatic carbocycles. The van der Waals surface area contributed by atoms with E-state index in [1.807, 2.05) is 50.2 Å². The zero-order valence-electron chi connectivity index (χ0n) is 17.4. The lowest BCUT2D eigenvalue weighted by atomic mass is 9.97. The summed E-state index contributed by atoms with van der Waals surface area (Å²) < 4.78 is 10.9. The zero-order chi connectivity index (χ0) is 22.3. The van der Waals surface area contributed by atoms with Crippen LogP contribution in [0, 0.1) is 5.92 Å². The maximum atomic E-state index is 12.3. The smallest absolute Gasteiger partial charge is 0.408 e. The van der Waals surface area contributed by atoms with Crippen molar-refractivity contribution in [2.24, 2.45) is 5.92 Å². The van der Waals surface area contributed by atoms with Crippen LogP contribution in [0.25, 0.3) is 0 Å². The van der Waals surface area contributed by atoms with Gasteiger partial charge in [-0.1, -0.05) is 62.4 Å². The summed E-state index contributed by atoms with van der Waals surface area (Å²) in [4.78, 5) is 29.7. The average molecular weight is 426 g/mol. The number of nitrogens with one attached hydrogen (secondary N) is 2. The molecule has 0 radical (unpaired) electrons. The first kappa shape index (κ1) is 22.2. The summed E-state index contributed by atoms with van der Waals surface area (Å²) in [6.45, 7) is 3.67. The monoisotopic (exact) mass is 426 g/mol. The Balaban J connectivity index is 1.67. The number of aliphatic carboxylic acids is 1. The van der Waals surface area contributed by atoms with E-state index in [1.165, 1.54) is 6.08 Å². The number of hydrogen-bond acceptors (Lipinski definition) is 6. The van der Waals surface area contributed by atoms with E-state index in [2.05, 4.69) is 10.8 Å². The number of carboxylic acids is 1. The number of amides is 1. The van der Waals surface area contributed by atoms with Crippen LogP contribution in [0.1, 0.15) is 19.4 Å². The molecule has 1 aliphatic rings. The second-order valence-electron chi connectivity index (χ2n) is 7.53. The Bertz CT molecular complexity index is 916. The molecule has 0 saturated carbocycles. The molecule has 1 heterocycles. The van der Waals surface area contributed by atoms with Gasteiger partial charge in [-0.05, 0) is 29.7 Å². The van der Waals surface area contributed by atoms with Gasteiger partial charge in [-0.25, -0.2) is 14.4 Å². The van der Waals surface area contributed by atoms with Gasteiger partial charge in [-0.3, -0.25) is 5.48 Å². The summed E-state index contributed by atoms with van der Waals surface area (Å²) in [6, 6.07) is 17.6. The van der Waals surface area contributed by atoms with Crippen molar-refractivity contribution in [3.05, 3.63) is 78.0 Å². The summed E-state index contributed by atoms with van der Waals surface area (Å²) in [6.07, 6.45) is 0.819. The number of carbonyl (C=O) groups excluding carboxylic acids is 1. The first-order valence-electron chi connectivity index (χ1n) is 9.95. The van der Waals surface area contributed by atoms with E-state index < -0.39 is 23.7 Å². The molecule has 8 nitrogen and oxygen atoms in total. The van der Waals surface area contributed by atoms with E-state index in [1.54, 1.807) is 24.3 Å². The van der Waals surface area contributed by atoms with E-state index in [-0.39, 0.29) is 19.1 Å². The Hall–Kier alpha value is -3.52. The molecule has 31 heavy (non-hydrogen) atoms. The van der Waals surface area contributed by atoms with Gasteiger partial charge in [0.2, 0.25) is 5.60 Å². The Morgan fingerprint density at radius 2 is 1.74 bits per heavy atom. The minimum atomic E-state index is -1.73. The molecule has 164 valence electrons. The van der Waals surface area contributed by atoms with Gasteiger partial charge in [0, 0.05) is 0 Å². The van der Waals surface area contributed by atoms with Crippen LogP contribution in [0.3, 0.4) is 0 Å². The number of hydrogen-bond donors (Lipinski definition) is 3. The zero-order valence-corrected chi connectivity index (χ0v) is 17.4. The number of carboxylic acid groups (broad SMARTS) is 1. The molecule has 0 saturated heterocycles. The maximum Gasteiger partial charge on any atom is 0.408 e. The first-order chi connectivity index (χ1) is 14.9. The van der Waals surface area contributed by atoms with Gasteiger partial charge in [0.25, 0.3) is 0 Å². The minimum Gasteiger partial charge on any atom is -0.489 e. The third-order valence-electron chi connectivity index (χ3n) is 4.79. The SMILES string of the molecule is CC(C)[C@H](NC(=O)OCc1ccccc1)C1=CC(COc2ccccc2)(C(=O)O)ON1. The van der Waals surface area contributed by atoms with Gasteiger partial charge in [0.15, 0.2) is 0 Å². The summed E-state index contributed by atoms with van der Waals surface area (Å²) in [5.41, 5.74) is 2.21. The van der Waals surface area contributed by atoms with Crippen molar-refractivity contribution >= 4 is 12.1 Å². The fourth-order valence-electron chi connectivity index (χ4n) is 3.05. The second kappa shape index (κ2) is 9.99. The van der Waals surface area contributed by atoms with E-state index in [0.717, 1.165) is 5.56 Å². The second-order valence-corrected chi connectivity index (χ2v) is 7.53. The maximum absolute atomic E-state index is 12.3. The number of carbonyl (C=O) groups is 2. The third kappa shape index (κ3) is 5.76. The van der Waals surface area contributed by atoms with Gasteiger partial charge >= 0.3 is 12.1 Å². The topological polar surface area (TPSA) is 106 Å². The minimum absolute atomic E-state index is 0.0636. The van der Waals surface area contributed by atoms with E-state index in [0.29, 0.717) is 11.4 Å². The molecule has 1 unspecified atom stereocenters. The lowest BCUT2D eigenvalue weighted by Gasteiger charge is -2.23.